The molecule has 0 atom stereocenters. The zero-order chi connectivity index (χ0) is 52.0. The van der Waals surface area contributed by atoms with Crippen molar-refractivity contribution in [1.82, 2.24) is 0 Å². The zero-order valence-electron chi connectivity index (χ0n) is 45.6. The first-order valence-corrected chi connectivity index (χ1v) is 28.0. The van der Waals surface area contributed by atoms with Gasteiger partial charge in [-0.3, -0.25) is 0 Å². The summed E-state index contributed by atoms with van der Waals surface area (Å²) in [7, 11) is 0. The number of benzene rings is 2. The van der Waals surface area contributed by atoms with Crippen molar-refractivity contribution in [2.45, 2.75) is 246 Å². The first-order chi connectivity index (χ1) is 34.2. The van der Waals surface area contributed by atoms with E-state index in [0.717, 1.165) is 51.4 Å². The maximum atomic E-state index is 12.0. The average Bonchev–Trinajstić information content (AvgIpc) is 3.37. The van der Waals surface area contributed by atoms with Gasteiger partial charge in [0.15, 0.2) is 0 Å². The summed E-state index contributed by atoms with van der Waals surface area (Å²) in [6.07, 6.45) is 51.0. The van der Waals surface area contributed by atoms with Gasteiger partial charge in [-0.25, -0.2) is 9.59 Å². The molecular weight excluding hydrogens is 991 g/mol. The molecule has 0 aliphatic heterocycles. The van der Waals surface area contributed by atoms with E-state index in [9.17, 15) is 29.4 Å². The normalized spacial score (nSPS) is 10.6. The number of carboxylic acid groups (broad SMARTS) is 2. The first kappa shape index (κ1) is 71.8. The second-order valence-corrected chi connectivity index (χ2v) is 18.2. The molecule has 0 saturated heterocycles. The monoisotopic (exact) mass is 1090 g/mol. The molecule has 0 bridgehead atoms. The van der Waals surface area contributed by atoms with E-state index >= 15 is 0 Å². The number of hydrogen-bond acceptors (Lipinski definition) is 8. The summed E-state index contributed by atoms with van der Waals surface area (Å²) in [5.41, 5.74) is -0.129. The summed E-state index contributed by atoms with van der Waals surface area (Å²) in [5, 5.41) is 22.0. The number of allylic oxidation sites excluding steroid dienone is 4. The van der Waals surface area contributed by atoms with Crippen LogP contribution in [0.2, 0.25) is 0 Å². The SMILES string of the molecule is CCC/C=C/CCCCCCCCCCOC(=O)c1ccccc1C(=O)[O-].CCC/C=C/CCCCCCCCCCOC(=O)c1ccccc1C(=O)[O-].[CH2]CCCCCCC.[CH2]CCCCCCC.[Sn+2]. The molecule has 9 heteroatoms. The summed E-state index contributed by atoms with van der Waals surface area (Å²) in [5.74, 6) is -3.91. The molecule has 0 unspecified atom stereocenters. The Kier molecular flexibility index (Phi) is 58.2. The molecule has 2 aromatic rings. The molecule has 0 amide bonds. The summed E-state index contributed by atoms with van der Waals surface area (Å²) in [6, 6.07) is 12.0. The van der Waals surface area contributed by atoms with Crippen LogP contribution in [0.5, 0.6) is 0 Å². The summed E-state index contributed by atoms with van der Waals surface area (Å²) in [4.78, 5) is 46.0. The van der Waals surface area contributed by atoms with E-state index in [1.54, 1.807) is 24.3 Å². The molecule has 0 aromatic heterocycles. The van der Waals surface area contributed by atoms with E-state index in [-0.39, 0.29) is 46.2 Å². The Bertz CT molecular complexity index is 1440. The average molecular weight is 1090 g/mol. The Hall–Kier alpha value is -3.40. The molecule has 400 valence electrons. The number of hydrogen-bond donors (Lipinski definition) is 0. The fourth-order valence-electron chi connectivity index (χ4n) is 7.38. The molecular formula is C62H100O8Sn. The van der Waals surface area contributed by atoms with E-state index < -0.39 is 23.9 Å². The number of carbonyl (C=O) groups is 4. The quantitative estimate of drug-likeness (QED) is 0.0279. The van der Waals surface area contributed by atoms with Crippen LogP contribution in [0.1, 0.15) is 287 Å². The third kappa shape index (κ3) is 47.4. The topological polar surface area (TPSA) is 133 Å². The van der Waals surface area contributed by atoms with Crippen molar-refractivity contribution >= 4 is 47.8 Å². The van der Waals surface area contributed by atoms with Crippen LogP contribution in [-0.4, -0.2) is 61.0 Å². The Morgan fingerprint density at radius 1 is 0.380 bits per heavy atom. The molecule has 0 spiro atoms. The Morgan fingerprint density at radius 2 is 0.648 bits per heavy atom. The first-order valence-electron chi connectivity index (χ1n) is 28.0. The van der Waals surface area contributed by atoms with E-state index in [2.05, 4.69) is 65.8 Å². The van der Waals surface area contributed by atoms with Crippen molar-refractivity contribution in [3.05, 3.63) is 109 Å². The van der Waals surface area contributed by atoms with Crippen molar-refractivity contribution in [3.63, 3.8) is 0 Å². The van der Waals surface area contributed by atoms with Crippen LogP contribution in [-0.2, 0) is 9.47 Å². The van der Waals surface area contributed by atoms with Gasteiger partial charge in [-0.2, -0.15) is 0 Å². The number of carbonyl (C=O) groups excluding carboxylic acids is 4. The maximum absolute atomic E-state index is 12.0. The molecule has 2 aromatic carbocycles. The van der Waals surface area contributed by atoms with Gasteiger partial charge in [0.2, 0.25) is 0 Å². The molecule has 71 heavy (non-hydrogen) atoms. The smallest absolute Gasteiger partial charge is 0.545 e. The second kappa shape index (κ2) is 57.5. The zero-order valence-corrected chi connectivity index (χ0v) is 48.4. The van der Waals surface area contributed by atoms with Crippen LogP contribution in [0.3, 0.4) is 0 Å². The van der Waals surface area contributed by atoms with Crippen molar-refractivity contribution in [1.29, 1.82) is 0 Å². The van der Waals surface area contributed by atoms with Gasteiger partial charge in [-0.1, -0.05) is 269 Å². The van der Waals surface area contributed by atoms with Crippen molar-refractivity contribution < 1.29 is 38.9 Å². The molecule has 4 radical (unpaired) electrons. The van der Waals surface area contributed by atoms with Crippen molar-refractivity contribution in [2.75, 3.05) is 13.2 Å². The Balaban J connectivity index is -0.000000986. The minimum absolute atomic E-state index is 0. The molecule has 2 rings (SSSR count). The predicted molar refractivity (Wildman–Crippen MR) is 297 cm³/mol. The van der Waals surface area contributed by atoms with Gasteiger partial charge >= 0.3 is 35.8 Å². The number of aromatic carboxylic acids is 2. The largest absolute Gasteiger partial charge is 2.00 e. The Morgan fingerprint density at radius 3 is 0.944 bits per heavy atom. The summed E-state index contributed by atoms with van der Waals surface area (Å²) >= 11 is 0. The van der Waals surface area contributed by atoms with Gasteiger partial charge in [0, 0.05) is 11.1 Å². The number of unbranched alkanes of at least 4 members (excludes halogenated alkanes) is 28. The third-order valence-corrected chi connectivity index (χ3v) is 11.7. The van der Waals surface area contributed by atoms with E-state index in [1.165, 1.54) is 191 Å². The van der Waals surface area contributed by atoms with Crippen LogP contribution in [0.15, 0.2) is 72.8 Å². The van der Waals surface area contributed by atoms with Crippen molar-refractivity contribution in [2.24, 2.45) is 0 Å². The van der Waals surface area contributed by atoms with Crippen LogP contribution in [0.25, 0.3) is 0 Å². The molecule has 0 saturated carbocycles. The third-order valence-electron chi connectivity index (χ3n) is 11.7. The minimum atomic E-state index is -1.36. The van der Waals surface area contributed by atoms with Crippen LogP contribution in [0.4, 0.5) is 0 Å². The summed E-state index contributed by atoms with van der Waals surface area (Å²) < 4.78 is 10.4. The standard InChI is InChI=1S/2C23H34O4.2C8H17.Sn/c2*1-2-3-4-5-6-7-8-9-10-11-12-13-16-19-27-23(26)21-18-15-14-17-20(21)22(24)25;2*1-3-5-7-8-6-4-2;/h2*4-5,14-15,17-18H,2-3,6-13,16,19H2,1H3,(H,24,25);2*1,3-8H2,2H3;/q;;;;+2/p-2/b2*5-4+;;;. The molecule has 0 aliphatic carbocycles. The summed E-state index contributed by atoms with van der Waals surface area (Å²) in [6.45, 7) is 17.1. The van der Waals surface area contributed by atoms with E-state index in [4.69, 9.17) is 9.47 Å². The molecule has 0 heterocycles. The van der Waals surface area contributed by atoms with Gasteiger partial charge in [-0.15, -0.1) is 0 Å². The number of rotatable bonds is 40. The molecule has 8 nitrogen and oxygen atoms in total. The maximum Gasteiger partial charge on any atom is 2.00 e. The number of esters is 2. The van der Waals surface area contributed by atoms with E-state index in [0.29, 0.717) is 13.2 Å². The van der Waals surface area contributed by atoms with E-state index in [1.807, 2.05) is 0 Å². The fourth-order valence-corrected chi connectivity index (χ4v) is 7.38. The number of carboxylic acids is 2. The van der Waals surface area contributed by atoms with Gasteiger partial charge in [-0.05, 0) is 63.5 Å². The van der Waals surface area contributed by atoms with Crippen LogP contribution < -0.4 is 10.2 Å². The van der Waals surface area contributed by atoms with Gasteiger partial charge in [0.05, 0.1) is 36.3 Å². The van der Waals surface area contributed by atoms with Gasteiger partial charge in [0.25, 0.3) is 0 Å². The molecule has 0 fully saturated rings. The van der Waals surface area contributed by atoms with Crippen LogP contribution >= 0.6 is 0 Å². The Labute approximate surface area is 452 Å². The van der Waals surface area contributed by atoms with Gasteiger partial charge < -0.3 is 29.3 Å². The minimum Gasteiger partial charge on any atom is -0.545 e. The number of ether oxygens (including phenoxy) is 2. The predicted octanol–water partition coefficient (Wildman–Crippen LogP) is 16.1. The van der Waals surface area contributed by atoms with Crippen molar-refractivity contribution in [3.8, 4) is 0 Å². The second-order valence-electron chi connectivity index (χ2n) is 18.2. The molecule has 0 aliphatic rings. The molecule has 0 N–H and O–H groups in total. The van der Waals surface area contributed by atoms with Gasteiger partial charge in [0.1, 0.15) is 0 Å². The fraction of sp³-hybridized carbons (Fsp3) is 0.645. The van der Waals surface area contributed by atoms with Crippen LogP contribution in [0, 0.1) is 13.8 Å².